The number of piperidine rings is 1. The lowest BCUT2D eigenvalue weighted by molar-refractivity contribution is 0.279. The number of nitrogens with one attached hydrogen (secondary N) is 1. The third kappa shape index (κ3) is 4.32. The highest BCUT2D eigenvalue weighted by Crippen LogP contribution is 2.32. The first-order valence-electron chi connectivity index (χ1n) is 8.29. The number of hydrogen-bond acceptors (Lipinski definition) is 4. The van der Waals surface area contributed by atoms with Crippen molar-refractivity contribution in [3.05, 3.63) is 11.9 Å². The summed E-state index contributed by atoms with van der Waals surface area (Å²) >= 11 is 0. The summed E-state index contributed by atoms with van der Waals surface area (Å²) in [4.78, 5) is 11.8. The number of rotatable bonds is 5. The summed E-state index contributed by atoms with van der Waals surface area (Å²) in [6.45, 7) is 14.3. The van der Waals surface area contributed by atoms with Crippen molar-refractivity contribution in [2.45, 2.75) is 59.8 Å². The van der Waals surface area contributed by atoms with Gasteiger partial charge < -0.3 is 10.2 Å². The van der Waals surface area contributed by atoms with Gasteiger partial charge in [0.2, 0.25) is 0 Å². The van der Waals surface area contributed by atoms with E-state index >= 15 is 0 Å². The van der Waals surface area contributed by atoms with Gasteiger partial charge in [0.05, 0.1) is 0 Å². The van der Waals surface area contributed by atoms with E-state index < -0.39 is 0 Å². The van der Waals surface area contributed by atoms with Gasteiger partial charge in [-0.25, -0.2) is 9.97 Å². The summed E-state index contributed by atoms with van der Waals surface area (Å²) in [7, 11) is 0. The number of hydrogen-bond donors (Lipinski definition) is 1. The largest absolute Gasteiger partial charge is 0.370 e. The third-order valence-corrected chi connectivity index (χ3v) is 4.24. The Hall–Kier alpha value is -1.32. The van der Waals surface area contributed by atoms with Crippen LogP contribution >= 0.6 is 0 Å². The van der Waals surface area contributed by atoms with Crippen LogP contribution in [0.1, 0.15) is 65.6 Å². The van der Waals surface area contributed by atoms with Gasteiger partial charge in [0, 0.05) is 31.6 Å². The van der Waals surface area contributed by atoms with Crippen LogP contribution in [0.2, 0.25) is 0 Å². The Labute approximate surface area is 129 Å². The molecule has 1 saturated heterocycles. The molecule has 0 spiro atoms. The minimum atomic E-state index is 0.355. The van der Waals surface area contributed by atoms with Gasteiger partial charge in [0.15, 0.2) is 0 Å². The van der Waals surface area contributed by atoms with E-state index in [1.165, 1.54) is 12.8 Å². The molecule has 4 heteroatoms. The molecule has 1 aliphatic rings. The maximum atomic E-state index is 4.79. The van der Waals surface area contributed by atoms with Gasteiger partial charge in [-0.15, -0.1) is 0 Å². The molecule has 2 heterocycles. The molecule has 4 nitrogen and oxygen atoms in total. The summed E-state index contributed by atoms with van der Waals surface area (Å²) in [6, 6.07) is 2.11. The molecule has 0 aromatic carbocycles. The lowest BCUT2D eigenvalue weighted by Gasteiger charge is -2.37. The van der Waals surface area contributed by atoms with Crippen LogP contribution in [0.3, 0.4) is 0 Å². The van der Waals surface area contributed by atoms with E-state index in [9.17, 15) is 0 Å². The van der Waals surface area contributed by atoms with Gasteiger partial charge in [0.25, 0.3) is 0 Å². The minimum Gasteiger partial charge on any atom is -0.370 e. The molecule has 1 aromatic heterocycles. The zero-order valence-electron chi connectivity index (χ0n) is 14.2. The SMILES string of the molecule is CCCNc1cc(N2CCC(C)(C)CC2)nc(C(C)C)n1. The maximum Gasteiger partial charge on any atom is 0.135 e. The van der Waals surface area contributed by atoms with Crippen molar-refractivity contribution in [2.24, 2.45) is 5.41 Å². The maximum absolute atomic E-state index is 4.79. The van der Waals surface area contributed by atoms with E-state index in [-0.39, 0.29) is 0 Å². The molecule has 0 atom stereocenters. The standard InChI is InChI=1S/C17H30N4/c1-6-9-18-14-12-15(20-16(19-14)13(2)3)21-10-7-17(4,5)8-11-21/h12-13H,6-11H2,1-5H3,(H,18,19,20). The Morgan fingerprint density at radius 3 is 2.48 bits per heavy atom. The second-order valence-corrected chi connectivity index (χ2v) is 7.20. The fourth-order valence-electron chi connectivity index (χ4n) is 2.56. The average molecular weight is 290 g/mol. The highest BCUT2D eigenvalue weighted by atomic mass is 15.2. The van der Waals surface area contributed by atoms with Crippen LogP contribution in [-0.4, -0.2) is 29.6 Å². The highest BCUT2D eigenvalue weighted by molar-refractivity contribution is 5.50. The molecule has 0 saturated carbocycles. The summed E-state index contributed by atoms with van der Waals surface area (Å²) in [5.41, 5.74) is 0.466. The van der Waals surface area contributed by atoms with Crippen molar-refractivity contribution in [2.75, 3.05) is 29.9 Å². The molecule has 0 radical (unpaired) electrons. The van der Waals surface area contributed by atoms with Gasteiger partial charge in [0.1, 0.15) is 17.5 Å². The molecule has 21 heavy (non-hydrogen) atoms. The minimum absolute atomic E-state index is 0.355. The molecular formula is C17H30N4. The zero-order chi connectivity index (χ0) is 15.5. The second-order valence-electron chi connectivity index (χ2n) is 7.20. The summed E-state index contributed by atoms with van der Waals surface area (Å²) < 4.78 is 0. The van der Waals surface area contributed by atoms with E-state index in [1.807, 2.05) is 0 Å². The van der Waals surface area contributed by atoms with E-state index in [2.05, 4.69) is 55.9 Å². The number of nitrogens with zero attached hydrogens (tertiary/aromatic N) is 3. The second kappa shape index (κ2) is 6.63. The first kappa shape index (κ1) is 16.1. The molecule has 0 aliphatic carbocycles. The molecule has 1 N–H and O–H groups in total. The molecule has 1 fully saturated rings. The molecule has 0 unspecified atom stereocenters. The summed E-state index contributed by atoms with van der Waals surface area (Å²) in [6.07, 6.45) is 3.56. The fraction of sp³-hybridized carbons (Fsp3) is 0.765. The number of anilines is 2. The molecule has 2 rings (SSSR count). The Morgan fingerprint density at radius 1 is 1.24 bits per heavy atom. The average Bonchev–Trinajstić information content (AvgIpc) is 2.44. The molecule has 1 aliphatic heterocycles. The van der Waals surface area contributed by atoms with E-state index in [4.69, 9.17) is 4.98 Å². The van der Waals surface area contributed by atoms with E-state index in [1.54, 1.807) is 0 Å². The monoisotopic (exact) mass is 290 g/mol. The first-order valence-corrected chi connectivity index (χ1v) is 8.29. The topological polar surface area (TPSA) is 41.0 Å². The summed E-state index contributed by atoms with van der Waals surface area (Å²) in [5.74, 6) is 3.35. The van der Waals surface area contributed by atoms with E-state index in [0.29, 0.717) is 11.3 Å². The van der Waals surface area contributed by atoms with Crippen LogP contribution in [0.25, 0.3) is 0 Å². The van der Waals surface area contributed by atoms with Crippen LogP contribution in [0.15, 0.2) is 6.07 Å². The highest BCUT2D eigenvalue weighted by Gasteiger charge is 2.26. The fourth-order valence-corrected chi connectivity index (χ4v) is 2.56. The molecular weight excluding hydrogens is 260 g/mol. The normalized spacial score (nSPS) is 18.1. The van der Waals surface area contributed by atoms with Crippen LogP contribution in [0.5, 0.6) is 0 Å². The van der Waals surface area contributed by atoms with Crippen molar-refractivity contribution in [1.82, 2.24) is 9.97 Å². The van der Waals surface area contributed by atoms with Gasteiger partial charge in [-0.2, -0.15) is 0 Å². The molecule has 118 valence electrons. The lowest BCUT2D eigenvalue weighted by atomic mass is 9.83. The summed E-state index contributed by atoms with van der Waals surface area (Å²) in [5, 5.41) is 3.41. The lowest BCUT2D eigenvalue weighted by Crippen LogP contribution is -2.38. The third-order valence-electron chi connectivity index (χ3n) is 4.24. The van der Waals surface area contributed by atoms with Crippen LogP contribution in [-0.2, 0) is 0 Å². The Balaban J connectivity index is 2.19. The van der Waals surface area contributed by atoms with Crippen molar-refractivity contribution in [1.29, 1.82) is 0 Å². The van der Waals surface area contributed by atoms with E-state index in [0.717, 1.165) is 43.5 Å². The van der Waals surface area contributed by atoms with Crippen molar-refractivity contribution < 1.29 is 0 Å². The first-order chi connectivity index (χ1) is 9.91. The molecule has 0 amide bonds. The zero-order valence-corrected chi connectivity index (χ0v) is 14.2. The Kier molecular flexibility index (Phi) is 5.07. The molecule has 0 bridgehead atoms. The van der Waals surface area contributed by atoms with Gasteiger partial charge in [-0.3, -0.25) is 0 Å². The molecule has 1 aromatic rings. The number of aromatic nitrogens is 2. The quantitative estimate of drug-likeness (QED) is 0.888. The van der Waals surface area contributed by atoms with Crippen LogP contribution in [0.4, 0.5) is 11.6 Å². The van der Waals surface area contributed by atoms with Gasteiger partial charge >= 0.3 is 0 Å². The van der Waals surface area contributed by atoms with Crippen LogP contribution < -0.4 is 10.2 Å². The van der Waals surface area contributed by atoms with Gasteiger partial charge in [-0.1, -0.05) is 34.6 Å². The predicted octanol–water partition coefficient (Wildman–Crippen LogP) is 4.05. The smallest absolute Gasteiger partial charge is 0.135 e. The van der Waals surface area contributed by atoms with Gasteiger partial charge in [-0.05, 0) is 24.7 Å². The predicted molar refractivity (Wildman–Crippen MR) is 90.1 cm³/mol. The van der Waals surface area contributed by atoms with Crippen molar-refractivity contribution in [3.63, 3.8) is 0 Å². The Bertz CT molecular complexity index is 458. The Morgan fingerprint density at radius 2 is 1.90 bits per heavy atom. The van der Waals surface area contributed by atoms with Crippen molar-refractivity contribution >= 4 is 11.6 Å². The van der Waals surface area contributed by atoms with Crippen molar-refractivity contribution in [3.8, 4) is 0 Å². The van der Waals surface area contributed by atoms with Crippen LogP contribution in [0, 0.1) is 5.41 Å².